The summed E-state index contributed by atoms with van der Waals surface area (Å²) >= 11 is 0. The summed E-state index contributed by atoms with van der Waals surface area (Å²) in [6.45, 7) is 2.26. The van der Waals surface area contributed by atoms with E-state index in [1.165, 1.54) is 89.2 Å². The highest BCUT2D eigenvalue weighted by Crippen LogP contribution is 2.30. The zero-order valence-electron chi connectivity index (χ0n) is 24.7. The lowest BCUT2D eigenvalue weighted by Crippen LogP contribution is -1.94. The van der Waals surface area contributed by atoms with E-state index in [0.29, 0.717) is 11.1 Å². The molecule has 1 N–H and O–H groups in total. The maximum Gasteiger partial charge on any atom is 0.335 e. The van der Waals surface area contributed by atoms with Gasteiger partial charge in [0.25, 0.3) is 11.4 Å². The van der Waals surface area contributed by atoms with Gasteiger partial charge in [0.2, 0.25) is 0 Å². The standard InChI is InChI=1S/C27H38N2O4.C7H6O2/c1-2-3-4-5-6-7-8-9-10-11-12-13-14-16-23-17-15-18-24(19-23)25-20-26(28(30)31)22-27(21-25)29(32)33;8-7(9)6-4-2-1-3-5-6/h15,17-22H,2-14,16H2,1H3;1-5H,(H,8,9). The van der Waals surface area contributed by atoms with E-state index < -0.39 is 15.8 Å². The minimum absolute atomic E-state index is 0.263. The van der Waals surface area contributed by atoms with Crippen LogP contribution >= 0.6 is 0 Å². The smallest absolute Gasteiger partial charge is 0.335 e. The van der Waals surface area contributed by atoms with Gasteiger partial charge in [-0.15, -0.1) is 0 Å². The quantitative estimate of drug-likeness (QED) is 0.0912. The predicted molar refractivity (Wildman–Crippen MR) is 168 cm³/mol. The van der Waals surface area contributed by atoms with Gasteiger partial charge in [0.05, 0.1) is 21.5 Å². The molecule has 3 aromatic rings. The van der Waals surface area contributed by atoms with Crippen molar-refractivity contribution in [2.24, 2.45) is 0 Å². The van der Waals surface area contributed by atoms with Gasteiger partial charge in [-0.3, -0.25) is 20.2 Å². The molecular weight excluding hydrogens is 532 g/mol. The lowest BCUT2D eigenvalue weighted by atomic mass is 9.98. The highest BCUT2D eigenvalue weighted by molar-refractivity contribution is 5.87. The Labute approximate surface area is 249 Å². The Hall–Kier alpha value is -4.07. The van der Waals surface area contributed by atoms with Crippen LogP contribution < -0.4 is 0 Å². The molecule has 0 aliphatic carbocycles. The number of benzene rings is 3. The SMILES string of the molecule is CCCCCCCCCCCCCCCc1cccc(-c2cc([N+](=O)[O-])cc([N+](=O)[O-])c2)c1.O=C(O)c1ccccc1. The molecule has 226 valence electrons. The number of nitrogens with zero attached hydrogens (tertiary/aromatic N) is 2. The second-order valence-corrected chi connectivity index (χ2v) is 10.6. The van der Waals surface area contributed by atoms with Crippen molar-refractivity contribution in [1.82, 2.24) is 0 Å². The fourth-order valence-corrected chi connectivity index (χ4v) is 4.81. The topological polar surface area (TPSA) is 124 Å². The van der Waals surface area contributed by atoms with Crippen molar-refractivity contribution >= 4 is 17.3 Å². The van der Waals surface area contributed by atoms with Gasteiger partial charge in [-0.05, 0) is 41.7 Å². The summed E-state index contributed by atoms with van der Waals surface area (Å²) in [4.78, 5) is 31.3. The maximum absolute atomic E-state index is 11.2. The number of hydrogen-bond donors (Lipinski definition) is 1. The van der Waals surface area contributed by atoms with Gasteiger partial charge in [0, 0.05) is 12.1 Å². The fraction of sp³-hybridized carbons (Fsp3) is 0.441. The van der Waals surface area contributed by atoms with Gasteiger partial charge in [-0.25, -0.2) is 4.79 Å². The highest BCUT2D eigenvalue weighted by atomic mass is 16.6. The number of carboxylic acid groups (broad SMARTS) is 1. The van der Waals surface area contributed by atoms with E-state index in [1.807, 2.05) is 18.2 Å². The van der Waals surface area contributed by atoms with Gasteiger partial charge in [0.15, 0.2) is 0 Å². The number of carboxylic acids is 1. The van der Waals surface area contributed by atoms with E-state index in [-0.39, 0.29) is 11.4 Å². The van der Waals surface area contributed by atoms with Crippen LogP contribution in [0.4, 0.5) is 11.4 Å². The Morgan fingerprint density at radius 2 is 1.12 bits per heavy atom. The molecule has 0 radical (unpaired) electrons. The summed E-state index contributed by atoms with van der Waals surface area (Å²) in [5.74, 6) is -0.879. The molecule has 8 nitrogen and oxygen atoms in total. The average molecular weight is 577 g/mol. The Bertz CT molecular complexity index is 1210. The molecular formula is C34H44N2O6. The third-order valence-corrected chi connectivity index (χ3v) is 7.17. The van der Waals surface area contributed by atoms with Crippen LogP contribution in [0.25, 0.3) is 11.1 Å². The van der Waals surface area contributed by atoms with Gasteiger partial charge in [-0.1, -0.05) is 126 Å². The number of aromatic carboxylic acids is 1. The second kappa shape index (κ2) is 19.9. The van der Waals surface area contributed by atoms with E-state index in [4.69, 9.17) is 5.11 Å². The average Bonchev–Trinajstić information content (AvgIpc) is 3.00. The summed E-state index contributed by atoms with van der Waals surface area (Å²) in [5, 5.41) is 30.7. The molecule has 3 rings (SSSR count). The number of non-ortho nitro benzene ring substituents is 2. The van der Waals surface area contributed by atoms with Crippen molar-refractivity contribution in [3.05, 3.63) is 104 Å². The van der Waals surface area contributed by atoms with E-state index in [9.17, 15) is 25.0 Å². The molecule has 3 aromatic carbocycles. The van der Waals surface area contributed by atoms with E-state index in [1.54, 1.807) is 30.3 Å². The van der Waals surface area contributed by atoms with Crippen LogP contribution in [0.15, 0.2) is 72.8 Å². The molecule has 0 amide bonds. The molecule has 0 heterocycles. The van der Waals surface area contributed by atoms with Gasteiger partial charge in [0.1, 0.15) is 0 Å². The van der Waals surface area contributed by atoms with Crippen molar-refractivity contribution in [3.63, 3.8) is 0 Å². The molecule has 0 atom stereocenters. The Balaban J connectivity index is 0.000000581. The number of rotatable bonds is 18. The van der Waals surface area contributed by atoms with Crippen LogP contribution in [0.1, 0.15) is 106 Å². The van der Waals surface area contributed by atoms with Gasteiger partial charge < -0.3 is 5.11 Å². The van der Waals surface area contributed by atoms with Crippen LogP contribution in [-0.2, 0) is 6.42 Å². The normalized spacial score (nSPS) is 10.5. The number of nitro groups is 2. The third kappa shape index (κ3) is 13.5. The third-order valence-electron chi connectivity index (χ3n) is 7.17. The molecule has 0 saturated heterocycles. The van der Waals surface area contributed by atoms with Crippen molar-refractivity contribution in [2.75, 3.05) is 0 Å². The van der Waals surface area contributed by atoms with E-state index in [2.05, 4.69) is 13.0 Å². The van der Waals surface area contributed by atoms with Gasteiger partial charge >= 0.3 is 5.97 Å². The molecule has 0 bridgehead atoms. The van der Waals surface area contributed by atoms with E-state index >= 15 is 0 Å². The fourth-order valence-electron chi connectivity index (χ4n) is 4.81. The second-order valence-electron chi connectivity index (χ2n) is 10.6. The number of carbonyl (C=O) groups is 1. The highest BCUT2D eigenvalue weighted by Gasteiger charge is 2.17. The Kier molecular flexibility index (Phi) is 16.2. The van der Waals surface area contributed by atoms with Crippen molar-refractivity contribution in [1.29, 1.82) is 0 Å². The maximum atomic E-state index is 11.2. The molecule has 0 aromatic heterocycles. The monoisotopic (exact) mass is 576 g/mol. The minimum atomic E-state index is -0.879. The zero-order chi connectivity index (χ0) is 30.6. The van der Waals surface area contributed by atoms with Crippen LogP contribution in [-0.4, -0.2) is 20.9 Å². The van der Waals surface area contributed by atoms with Crippen LogP contribution in [0.3, 0.4) is 0 Å². The Morgan fingerprint density at radius 1 is 0.619 bits per heavy atom. The molecule has 0 unspecified atom stereocenters. The van der Waals surface area contributed by atoms with Crippen molar-refractivity contribution in [3.8, 4) is 11.1 Å². The Morgan fingerprint density at radius 3 is 1.57 bits per heavy atom. The van der Waals surface area contributed by atoms with Crippen molar-refractivity contribution < 1.29 is 19.7 Å². The molecule has 0 spiro atoms. The summed E-state index contributed by atoms with van der Waals surface area (Å²) in [6, 6.07) is 19.9. The van der Waals surface area contributed by atoms with E-state index in [0.717, 1.165) is 30.0 Å². The molecule has 42 heavy (non-hydrogen) atoms. The number of hydrogen-bond acceptors (Lipinski definition) is 5. The number of aryl methyl sites for hydroxylation is 1. The number of unbranched alkanes of at least 4 members (excludes halogenated alkanes) is 12. The summed E-state index contributed by atoms with van der Waals surface area (Å²) in [5.41, 5.74) is 2.24. The minimum Gasteiger partial charge on any atom is -0.478 e. The summed E-state index contributed by atoms with van der Waals surface area (Å²) < 4.78 is 0. The zero-order valence-corrected chi connectivity index (χ0v) is 24.7. The van der Waals surface area contributed by atoms with Crippen LogP contribution in [0, 0.1) is 20.2 Å². The molecule has 0 aliphatic heterocycles. The molecule has 0 aliphatic rings. The molecule has 0 saturated carbocycles. The van der Waals surface area contributed by atoms with Gasteiger partial charge in [-0.2, -0.15) is 0 Å². The number of nitro benzene ring substituents is 2. The first-order valence-corrected chi connectivity index (χ1v) is 15.1. The van der Waals surface area contributed by atoms with Crippen LogP contribution in [0.2, 0.25) is 0 Å². The lowest BCUT2D eigenvalue weighted by Gasteiger charge is -2.07. The summed E-state index contributed by atoms with van der Waals surface area (Å²) in [7, 11) is 0. The molecule has 8 heteroatoms. The largest absolute Gasteiger partial charge is 0.478 e. The molecule has 0 fully saturated rings. The predicted octanol–water partition coefficient (Wildman–Crippen LogP) is 10.2. The first-order chi connectivity index (χ1) is 20.3. The van der Waals surface area contributed by atoms with Crippen LogP contribution in [0.5, 0.6) is 0 Å². The lowest BCUT2D eigenvalue weighted by molar-refractivity contribution is -0.394. The first-order valence-electron chi connectivity index (χ1n) is 15.1. The summed E-state index contributed by atoms with van der Waals surface area (Å²) in [6.07, 6.45) is 18.1. The first kappa shape index (κ1) is 34.1. The van der Waals surface area contributed by atoms with Crippen molar-refractivity contribution in [2.45, 2.75) is 96.8 Å².